The smallest absolute Gasteiger partial charge is 0.265 e. The van der Waals surface area contributed by atoms with E-state index in [-0.39, 0.29) is 5.91 Å². The zero-order chi connectivity index (χ0) is 16.8. The molecule has 1 atom stereocenters. The van der Waals surface area contributed by atoms with Crippen molar-refractivity contribution in [3.05, 3.63) is 59.1 Å². The Morgan fingerprint density at radius 3 is 2.57 bits per heavy atom. The fourth-order valence-electron chi connectivity index (χ4n) is 2.35. The largest absolute Gasteiger partial charge is 0.481 e. The fraction of sp³-hybridized carbons (Fsp3) is 0.316. The molecule has 23 heavy (non-hydrogen) atoms. The van der Waals surface area contributed by atoms with Gasteiger partial charge < -0.3 is 10.1 Å². The first kappa shape index (κ1) is 17.4. The average molecular weight is 332 g/mol. The highest BCUT2D eigenvalue weighted by atomic mass is 35.5. The van der Waals surface area contributed by atoms with E-state index in [1.165, 1.54) is 0 Å². The molecule has 2 aromatic rings. The first-order valence-electron chi connectivity index (χ1n) is 7.83. The third-order valence-electron chi connectivity index (χ3n) is 3.58. The molecule has 0 saturated heterocycles. The van der Waals surface area contributed by atoms with Crippen LogP contribution in [0.5, 0.6) is 5.75 Å². The molecule has 4 heteroatoms. The molecule has 1 N–H and O–H groups in total. The Morgan fingerprint density at radius 1 is 1.17 bits per heavy atom. The third kappa shape index (κ3) is 4.73. The van der Waals surface area contributed by atoms with E-state index >= 15 is 0 Å². The number of hydrogen-bond donors (Lipinski definition) is 1. The Kier molecular flexibility index (Phi) is 6.05. The van der Waals surface area contributed by atoms with Gasteiger partial charge in [0.2, 0.25) is 0 Å². The quantitative estimate of drug-likeness (QED) is 0.784. The number of carbonyl (C=O) groups is 1. The summed E-state index contributed by atoms with van der Waals surface area (Å²) >= 11 is 5.96. The molecule has 0 aliphatic rings. The molecular weight excluding hydrogens is 310 g/mol. The maximum Gasteiger partial charge on any atom is 0.265 e. The molecule has 0 saturated carbocycles. The van der Waals surface area contributed by atoms with Crippen LogP contribution in [0.2, 0.25) is 5.02 Å². The standard InChI is InChI=1S/C19H22ClNO2/c1-4-18(23-15-9-7-8-14(20)12-15)19(22)21-17-11-6-5-10-16(17)13(2)3/h5-13,18H,4H2,1-3H3,(H,21,22)/t18-/m1/s1. The summed E-state index contributed by atoms with van der Waals surface area (Å²) in [6, 6.07) is 14.9. The predicted octanol–water partition coefficient (Wildman–Crippen LogP) is 5.26. The van der Waals surface area contributed by atoms with Crippen molar-refractivity contribution in [2.45, 2.75) is 39.2 Å². The minimum atomic E-state index is -0.561. The lowest BCUT2D eigenvalue weighted by atomic mass is 10.0. The number of para-hydroxylation sites is 1. The Bertz CT molecular complexity index is 670. The second kappa shape index (κ2) is 8.02. The van der Waals surface area contributed by atoms with Gasteiger partial charge in [-0.1, -0.05) is 56.6 Å². The molecule has 0 spiro atoms. The number of ether oxygens (including phenoxy) is 1. The molecule has 0 aliphatic carbocycles. The number of anilines is 1. The van der Waals surface area contributed by atoms with Crippen LogP contribution in [-0.2, 0) is 4.79 Å². The second-order valence-electron chi connectivity index (χ2n) is 5.70. The van der Waals surface area contributed by atoms with Crippen molar-refractivity contribution >= 4 is 23.2 Å². The van der Waals surface area contributed by atoms with Crippen molar-refractivity contribution in [3.63, 3.8) is 0 Å². The van der Waals surface area contributed by atoms with Crippen LogP contribution in [0.15, 0.2) is 48.5 Å². The van der Waals surface area contributed by atoms with Crippen LogP contribution >= 0.6 is 11.6 Å². The highest BCUT2D eigenvalue weighted by Gasteiger charge is 2.20. The summed E-state index contributed by atoms with van der Waals surface area (Å²) in [5.74, 6) is 0.776. The van der Waals surface area contributed by atoms with Crippen molar-refractivity contribution in [3.8, 4) is 5.75 Å². The van der Waals surface area contributed by atoms with Gasteiger partial charge in [-0.2, -0.15) is 0 Å². The molecule has 3 nitrogen and oxygen atoms in total. The minimum Gasteiger partial charge on any atom is -0.481 e. The van der Waals surface area contributed by atoms with E-state index in [0.717, 1.165) is 11.3 Å². The van der Waals surface area contributed by atoms with E-state index in [0.29, 0.717) is 23.1 Å². The van der Waals surface area contributed by atoms with Gasteiger partial charge in [0.05, 0.1) is 0 Å². The minimum absolute atomic E-state index is 0.152. The maximum atomic E-state index is 12.5. The topological polar surface area (TPSA) is 38.3 Å². The van der Waals surface area contributed by atoms with Gasteiger partial charge in [-0.3, -0.25) is 4.79 Å². The summed E-state index contributed by atoms with van der Waals surface area (Å²) < 4.78 is 5.78. The predicted molar refractivity (Wildman–Crippen MR) is 95.3 cm³/mol. The van der Waals surface area contributed by atoms with Crippen molar-refractivity contribution < 1.29 is 9.53 Å². The molecule has 2 aromatic carbocycles. The fourth-order valence-corrected chi connectivity index (χ4v) is 2.53. The Hall–Kier alpha value is -2.00. The van der Waals surface area contributed by atoms with Crippen LogP contribution in [-0.4, -0.2) is 12.0 Å². The zero-order valence-electron chi connectivity index (χ0n) is 13.7. The van der Waals surface area contributed by atoms with Gasteiger partial charge in [0.15, 0.2) is 6.10 Å². The van der Waals surface area contributed by atoms with Crippen molar-refractivity contribution in [2.24, 2.45) is 0 Å². The normalized spacial score (nSPS) is 12.0. The van der Waals surface area contributed by atoms with Crippen molar-refractivity contribution in [1.29, 1.82) is 0 Å². The average Bonchev–Trinajstić information content (AvgIpc) is 2.53. The lowest BCUT2D eigenvalue weighted by Gasteiger charge is -2.19. The van der Waals surface area contributed by atoms with Crippen molar-refractivity contribution in [1.82, 2.24) is 0 Å². The summed E-state index contributed by atoms with van der Waals surface area (Å²) in [6.45, 7) is 6.12. The van der Waals surface area contributed by atoms with Crippen LogP contribution in [0.3, 0.4) is 0 Å². The van der Waals surface area contributed by atoms with Crippen molar-refractivity contribution in [2.75, 3.05) is 5.32 Å². The molecule has 122 valence electrons. The molecule has 0 aliphatic heterocycles. The summed E-state index contributed by atoms with van der Waals surface area (Å²) in [4.78, 5) is 12.5. The van der Waals surface area contributed by atoms with E-state index in [2.05, 4.69) is 19.2 Å². The third-order valence-corrected chi connectivity index (χ3v) is 3.81. The van der Waals surface area contributed by atoms with Gasteiger partial charge in [-0.25, -0.2) is 0 Å². The highest BCUT2D eigenvalue weighted by Crippen LogP contribution is 2.25. The SMILES string of the molecule is CC[C@@H](Oc1cccc(Cl)c1)C(=O)Nc1ccccc1C(C)C. The number of hydrogen-bond acceptors (Lipinski definition) is 2. The molecule has 2 rings (SSSR count). The van der Waals surface area contributed by atoms with Gasteiger partial charge in [0.25, 0.3) is 5.91 Å². The highest BCUT2D eigenvalue weighted by molar-refractivity contribution is 6.30. The van der Waals surface area contributed by atoms with Crippen LogP contribution in [0, 0.1) is 0 Å². The number of halogens is 1. The summed E-state index contributed by atoms with van der Waals surface area (Å²) in [5.41, 5.74) is 1.94. The van der Waals surface area contributed by atoms with Gasteiger partial charge in [0.1, 0.15) is 5.75 Å². The first-order chi connectivity index (χ1) is 11.0. The van der Waals surface area contributed by atoms with Crippen LogP contribution in [0.25, 0.3) is 0 Å². The van der Waals surface area contributed by atoms with E-state index < -0.39 is 6.10 Å². The van der Waals surface area contributed by atoms with Gasteiger partial charge in [-0.15, -0.1) is 0 Å². The van der Waals surface area contributed by atoms with Gasteiger partial charge in [-0.05, 0) is 42.2 Å². The molecule has 0 bridgehead atoms. The summed E-state index contributed by atoms with van der Waals surface area (Å²) in [7, 11) is 0. The number of rotatable bonds is 6. The zero-order valence-corrected chi connectivity index (χ0v) is 14.4. The molecule has 0 aromatic heterocycles. The number of amides is 1. The van der Waals surface area contributed by atoms with E-state index in [1.54, 1.807) is 24.3 Å². The van der Waals surface area contributed by atoms with Crippen LogP contribution in [0.1, 0.15) is 38.7 Å². The lowest BCUT2D eigenvalue weighted by molar-refractivity contribution is -0.122. The molecule has 0 heterocycles. The Balaban J connectivity index is 2.12. The Morgan fingerprint density at radius 2 is 1.91 bits per heavy atom. The Labute approximate surface area is 142 Å². The van der Waals surface area contributed by atoms with Crippen LogP contribution < -0.4 is 10.1 Å². The van der Waals surface area contributed by atoms with E-state index in [1.807, 2.05) is 31.2 Å². The van der Waals surface area contributed by atoms with Crippen LogP contribution in [0.4, 0.5) is 5.69 Å². The molecule has 0 radical (unpaired) electrons. The molecule has 1 amide bonds. The van der Waals surface area contributed by atoms with Gasteiger partial charge in [0, 0.05) is 10.7 Å². The van der Waals surface area contributed by atoms with Gasteiger partial charge >= 0.3 is 0 Å². The first-order valence-corrected chi connectivity index (χ1v) is 8.21. The molecule has 0 unspecified atom stereocenters. The van der Waals surface area contributed by atoms with E-state index in [4.69, 9.17) is 16.3 Å². The second-order valence-corrected chi connectivity index (χ2v) is 6.14. The number of nitrogens with one attached hydrogen (secondary N) is 1. The number of benzene rings is 2. The summed E-state index contributed by atoms with van der Waals surface area (Å²) in [5, 5.41) is 3.57. The summed E-state index contributed by atoms with van der Waals surface area (Å²) in [6.07, 6.45) is 0.0102. The molecule has 0 fully saturated rings. The maximum absolute atomic E-state index is 12.5. The number of carbonyl (C=O) groups excluding carboxylic acids is 1. The van der Waals surface area contributed by atoms with E-state index in [9.17, 15) is 4.79 Å². The lowest BCUT2D eigenvalue weighted by Crippen LogP contribution is -2.32. The molecular formula is C19H22ClNO2. The monoisotopic (exact) mass is 331 g/mol.